The quantitative estimate of drug-likeness (QED) is 0.195. The van der Waals surface area contributed by atoms with E-state index in [1.807, 2.05) is 24.3 Å². The lowest BCUT2D eigenvalue weighted by Gasteiger charge is -2.26. The van der Waals surface area contributed by atoms with Crippen molar-refractivity contribution in [2.45, 2.75) is 25.4 Å². The summed E-state index contributed by atoms with van der Waals surface area (Å²) < 4.78 is 38.5. The summed E-state index contributed by atoms with van der Waals surface area (Å²) in [5.74, 6) is -2.11. The maximum absolute atomic E-state index is 13.8. The van der Waals surface area contributed by atoms with E-state index in [0.29, 0.717) is 23.3 Å². The minimum absolute atomic E-state index is 0.0952. The number of nitrogens with zero attached hydrogens (tertiary/aromatic N) is 1. The molecule has 0 unspecified atom stereocenters. The van der Waals surface area contributed by atoms with Crippen molar-refractivity contribution in [3.05, 3.63) is 83.4 Å². The predicted octanol–water partition coefficient (Wildman–Crippen LogP) is 6.36. The fourth-order valence-corrected chi connectivity index (χ4v) is 5.99. The van der Waals surface area contributed by atoms with Crippen LogP contribution in [0.15, 0.2) is 66.7 Å². The molecule has 0 spiro atoms. The second-order valence-electron chi connectivity index (χ2n) is 10.1. The van der Waals surface area contributed by atoms with Crippen molar-refractivity contribution in [1.82, 2.24) is 10.2 Å². The van der Waals surface area contributed by atoms with Crippen LogP contribution in [0.5, 0.6) is 11.5 Å². The number of phenols is 1. The second kappa shape index (κ2) is 14.4. The molecular formula is C32H31F3N2O6S. The van der Waals surface area contributed by atoms with Crippen LogP contribution in [-0.2, 0) is 4.79 Å². The Morgan fingerprint density at radius 2 is 1.55 bits per heavy atom. The van der Waals surface area contributed by atoms with E-state index in [4.69, 9.17) is 14.6 Å². The van der Waals surface area contributed by atoms with E-state index >= 15 is 0 Å². The minimum Gasteiger partial charge on any atom is -0.508 e. The van der Waals surface area contributed by atoms with Crippen molar-refractivity contribution < 1.29 is 42.5 Å². The molecule has 232 valence electrons. The third-order valence-electron chi connectivity index (χ3n) is 7.02. The van der Waals surface area contributed by atoms with Crippen LogP contribution in [0.1, 0.15) is 45.5 Å². The first-order chi connectivity index (χ1) is 21.0. The van der Waals surface area contributed by atoms with Crippen molar-refractivity contribution in [2.75, 3.05) is 33.3 Å². The number of halogens is 3. The lowest BCUT2D eigenvalue weighted by Crippen LogP contribution is -2.33. The largest absolute Gasteiger partial charge is 0.508 e. The molecular weight excluding hydrogens is 597 g/mol. The average molecular weight is 629 g/mol. The summed E-state index contributed by atoms with van der Waals surface area (Å²) in [5.41, 5.74) is 2.55. The summed E-state index contributed by atoms with van der Waals surface area (Å²) >= 11 is 1.45. The van der Waals surface area contributed by atoms with Crippen LogP contribution >= 0.6 is 11.3 Å². The van der Waals surface area contributed by atoms with Crippen molar-refractivity contribution in [3.63, 3.8) is 0 Å². The number of thiophene rings is 1. The number of hydrogen-bond donors (Lipinski definition) is 3. The van der Waals surface area contributed by atoms with Gasteiger partial charge in [-0.15, -0.1) is 11.3 Å². The van der Waals surface area contributed by atoms with E-state index in [0.717, 1.165) is 45.9 Å². The number of phenolic OH excluding ortho intramolecular Hbond substituents is 1. The molecule has 8 nitrogen and oxygen atoms in total. The summed E-state index contributed by atoms with van der Waals surface area (Å²) in [6.45, 7) is 3.82. The SMILES string of the molecule is CNC(=O)c1ccc(-c2sc3cc(O)ccc3c2C(=O)c2ccc(OCCN3CCCCC3)cc2)cc1.O=C(O)C(F)(F)F. The number of fused-ring (bicyclic) bond motifs is 1. The Bertz CT molecular complexity index is 1610. The Morgan fingerprint density at radius 3 is 2.14 bits per heavy atom. The minimum atomic E-state index is -5.08. The molecule has 0 radical (unpaired) electrons. The van der Waals surface area contributed by atoms with E-state index in [9.17, 15) is 27.9 Å². The first kappa shape index (κ1) is 32.5. The van der Waals surface area contributed by atoms with Gasteiger partial charge in [0.25, 0.3) is 5.91 Å². The van der Waals surface area contributed by atoms with Gasteiger partial charge in [-0.1, -0.05) is 18.6 Å². The molecule has 3 aromatic carbocycles. The molecule has 1 aliphatic rings. The van der Waals surface area contributed by atoms with Crippen LogP contribution in [0.2, 0.25) is 0 Å². The molecule has 1 amide bonds. The number of benzene rings is 3. The number of alkyl halides is 3. The van der Waals surface area contributed by atoms with Gasteiger partial charge in [-0.25, -0.2) is 4.79 Å². The molecule has 44 heavy (non-hydrogen) atoms. The number of hydrogen-bond acceptors (Lipinski definition) is 7. The molecule has 1 aromatic heterocycles. The topological polar surface area (TPSA) is 116 Å². The molecule has 0 atom stereocenters. The summed E-state index contributed by atoms with van der Waals surface area (Å²) in [4.78, 5) is 37.9. The highest BCUT2D eigenvalue weighted by atomic mass is 32.1. The lowest BCUT2D eigenvalue weighted by molar-refractivity contribution is -0.192. The van der Waals surface area contributed by atoms with Crippen molar-refractivity contribution in [1.29, 1.82) is 0 Å². The van der Waals surface area contributed by atoms with Crippen molar-refractivity contribution >= 4 is 39.1 Å². The predicted molar refractivity (Wildman–Crippen MR) is 162 cm³/mol. The maximum atomic E-state index is 13.8. The average Bonchev–Trinajstić information content (AvgIpc) is 3.39. The second-order valence-corrected chi connectivity index (χ2v) is 11.1. The molecule has 0 aliphatic carbocycles. The fourth-order valence-electron chi connectivity index (χ4n) is 4.75. The highest BCUT2D eigenvalue weighted by molar-refractivity contribution is 7.22. The summed E-state index contributed by atoms with van der Waals surface area (Å²) in [7, 11) is 1.59. The smallest absolute Gasteiger partial charge is 0.490 e. The Balaban J connectivity index is 0.000000566. The Kier molecular flexibility index (Phi) is 10.6. The zero-order valence-corrected chi connectivity index (χ0v) is 24.6. The van der Waals surface area contributed by atoms with E-state index < -0.39 is 12.1 Å². The van der Waals surface area contributed by atoms with E-state index in [2.05, 4.69) is 10.2 Å². The Morgan fingerprint density at radius 1 is 0.932 bits per heavy atom. The number of aliphatic carboxylic acids is 1. The van der Waals surface area contributed by atoms with Gasteiger partial charge in [-0.2, -0.15) is 13.2 Å². The number of nitrogens with one attached hydrogen (secondary N) is 1. The van der Waals surface area contributed by atoms with Crippen LogP contribution in [0.3, 0.4) is 0 Å². The number of ether oxygens (including phenoxy) is 1. The van der Waals surface area contributed by atoms with Gasteiger partial charge in [-0.3, -0.25) is 14.5 Å². The summed E-state index contributed by atoms with van der Waals surface area (Å²) in [6, 6.07) is 19.6. The van der Waals surface area contributed by atoms with Crippen LogP contribution in [0, 0.1) is 0 Å². The Hall–Kier alpha value is -4.42. The van der Waals surface area contributed by atoms with E-state index in [1.54, 1.807) is 49.5 Å². The van der Waals surface area contributed by atoms with Crippen LogP contribution < -0.4 is 10.1 Å². The van der Waals surface area contributed by atoms with Gasteiger partial charge >= 0.3 is 12.1 Å². The molecule has 1 aliphatic heterocycles. The number of carbonyl (C=O) groups is 3. The number of carbonyl (C=O) groups excluding carboxylic acids is 2. The van der Waals surface area contributed by atoms with Crippen molar-refractivity contribution in [3.8, 4) is 21.9 Å². The van der Waals surface area contributed by atoms with Gasteiger partial charge in [0.05, 0.1) is 0 Å². The Labute approximate surface area is 255 Å². The summed E-state index contributed by atoms with van der Waals surface area (Å²) in [5, 5.41) is 20.6. The molecule has 0 saturated carbocycles. The van der Waals surface area contributed by atoms with Crippen LogP contribution in [0.25, 0.3) is 20.5 Å². The number of ketones is 1. The van der Waals surface area contributed by atoms with Crippen LogP contribution in [0.4, 0.5) is 13.2 Å². The molecule has 0 bridgehead atoms. The molecule has 12 heteroatoms. The number of piperidine rings is 1. The standard InChI is InChI=1S/C30H30N2O4S.C2HF3O2/c1-31-30(35)22-7-5-21(6-8-22)29-27(25-14-11-23(33)19-26(25)37-29)28(34)20-9-12-24(13-10-20)36-18-17-32-15-3-2-4-16-32;3-2(4,5)1(6)7/h5-14,19,33H,2-4,15-18H2,1H3,(H,31,35);(H,6,7). The van der Waals surface area contributed by atoms with Gasteiger partial charge in [0, 0.05) is 45.2 Å². The normalized spacial score (nSPS) is 13.5. The van der Waals surface area contributed by atoms with Gasteiger partial charge in [0.1, 0.15) is 18.1 Å². The van der Waals surface area contributed by atoms with E-state index in [1.165, 1.54) is 30.6 Å². The third-order valence-corrected chi connectivity index (χ3v) is 8.22. The van der Waals surface area contributed by atoms with E-state index in [-0.39, 0.29) is 17.4 Å². The van der Waals surface area contributed by atoms with Crippen LogP contribution in [-0.4, -0.2) is 72.2 Å². The first-order valence-corrected chi connectivity index (χ1v) is 14.7. The zero-order valence-electron chi connectivity index (χ0n) is 23.8. The molecule has 3 N–H and O–H groups in total. The third kappa shape index (κ3) is 8.14. The highest BCUT2D eigenvalue weighted by Gasteiger charge is 2.38. The van der Waals surface area contributed by atoms with Gasteiger partial charge in [0.15, 0.2) is 5.78 Å². The number of carboxylic acids is 1. The lowest BCUT2D eigenvalue weighted by atomic mass is 9.97. The monoisotopic (exact) mass is 628 g/mol. The molecule has 4 aromatic rings. The molecule has 5 rings (SSSR count). The number of amides is 1. The van der Waals surface area contributed by atoms with Crippen molar-refractivity contribution in [2.24, 2.45) is 0 Å². The zero-order chi connectivity index (χ0) is 31.9. The fraction of sp³-hybridized carbons (Fsp3) is 0.281. The van der Waals surface area contributed by atoms with Gasteiger partial charge in [0.2, 0.25) is 0 Å². The number of likely N-dealkylation sites (tertiary alicyclic amines) is 1. The number of rotatable bonds is 8. The molecule has 2 heterocycles. The number of carboxylic acid groups (broad SMARTS) is 1. The molecule has 1 saturated heterocycles. The maximum Gasteiger partial charge on any atom is 0.490 e. The van der Waals surface area contributed by atoms with Gasteiger partial charge < -0.3 is 20.3 Å². The van der Waals surface area contributed by atoms with Gasteiger partial charge in [-0.05, 0) is 86.1 Å². The first-order valence-electron chi connectivity index (χ1n) is 13.9. The summed E-state index contributed by atoms with van der Waals surface area (Å²) in [6.07, 6.45) is -1.25. The molecule has 1 fully saturated rings. The number of aromatic hydroxyl groups is 1. The highest BCUT2D eigenvalue weighted by Crippen LogP contribution is 2.41.